The predicted octanol–water partition coefficient (Wildman–Crippen LogP) is 2.85. The monoisotopic (exact) mass is 302 g/mol. The maximum Gasteiger partial charge on any atom is 0.0964 e. The summed E-state index contributed by atoms with van der Waals surface area (Å²) >= 11 is 0. The van der Waals surface area contributed by atoms with Crippen LogP contribution in [0, 0.1) is 19.8 Å². The van der Waals surface area contributed by atoms with E-state index in [0.29, 0.717) is 0 Å². The van der Waals surface area contributed by atoms with Gasteiger partial charge in [0.05, 0.1) is 5.60 Å². The van der Waals surface area contributed by atoms with Crippen molar-refractivity contribution in [3.63, 3.8) is 0 Å². The van der Waals surface area contributed by atoms with E-state index in [-0.39, 0.29) is 5.60 Å². The summed E-state index contributed by atoms with van der Waals surface area (Å²) in [4.78, 5) is 4.84. The van der Waals surface area contributed by atoms with Gasteiger partial charge in [-0.15, -0.1) is 0 Å². The van der Waals surface area contributed by atoms with Crippen molar-refractivity contribution in [1.29, 1.82) is 0 Å². The second-order valence-corrected chi connectivity index (χ2v) is 7.57. The molecule has 1 aromatic carbocycles. The Morgan fingerprint density at radius 3 is 2.77 bits per heavy atom. The van der Waals surface area contributed by atoms with E-state index in [1.807, 2.05) is 0 Å². The molecule has 1 spiro atoms. The average Bonchev–Trinajstić information content (AvgIpc) is 2.84. The minimum atomic E-state index is 0.160. The van der Waals surface area contributed by atoms with Crippen molar-refractivity contribution in [2.75, 3.05) is 40.3 Å². The van der Waals surface area contributed by atoms with E-state index >= 15 is 0 Å². The van der Waals surface area contributed by atoms with Crippen molar-refractivity contribution in [3.05, 3.63) is 34.9 Å². The first-order valence-corrected chi connectivity index (χ1v) is 8.56. The molecule has 122 valence electrons. The molecule has 0 amide bonds. The van der Waals surface area contributed by atoms with Gasteiger partial charge in [-0.3, -0.25) is 4.90 Å². The molecule has 3 heteroatoms. The third-order valence-electron chi connectivity index (χ3n) is 5.41. The fraction of sp³-hybridized carbons (Fsp3) is 0.684. The van der Waals surface area contributed by atoms with Crippen LogP contribution >= 0.6 is 0 Å². The molecule has 3 rings (SSSR count). The predicted molar refractivity (Wildman–Crippen MR) is 91.2 cm³/mol. The number of nitrogens with zero attached hydrogens (tertiary/aromatic N) is 2. The molecule has 1 atom stereocenters. The van der Waals surface area contributed by atoms with Gasteiger partial charge >= 0.3 is 0 Å². The Bertz CT molecular complexity index is 520. The lowest BCUT2D eigenvalue weighted by Crippen LogP contribution is -2.64. The lowest BCUT2D eigenvalue weighted by Gasteiger charge is -2.50. The third kappa shape index (κ3) is 3.22. The van der Waals surface area contributed by atoms with Crippen LogP contribution in [0.1, 0.15) is 29.5 Å². The van der Waals surface area contributed by atoms with Crippen LogP contribution in [0.3, 0.4) is 0 Å². The van der Waals surface area contributed by atoms with E-state index < -0.39 is 0 Å². The van der Waals surface area contributed by atoms with Gasteiger partial charge in [0.25, 0.3) is 0 Å². The zero-order valence-electron chi connectivity index (χ0n) is 14.6. The fourth-order valence-corrected chi connectivity index (χ4v) is 3.99. The lowest BCUT2D eigenvalue weighted by atomic mass is 9.78. The van der Waals surface area contributed by atoms with Crippen molar-refractivity contribution < 1.29 is 4.74 Å². The molecular formula is C19H30N2O. The number of aryl methyl sites for hydroxylation is 2. The van der Waals surface area contributed by atoms with Crippen LogP contribution < -0.4 is 0 Å². The quantitative estimate of drug-likeness (QED) is 0.832. The van der Waals surface area contributed by atoms with E-state index in [4.69, 9.17) is 4.74 Å². The molecule has 3 nitrogen and oxygen atoms in total. The maximum absolute atomic E-state index is 6.18. The molecule has 0 saturated carbocycles. The molecule has 2 aliphatic heterocycles. The van der Waals surface area contributed by atoms with Gasteiger partial charge in [0, 0.05) is 26.2 Å². The van der Waals surface area contributed by atoms with Gasteiger partial charge in [0.1, 0.15) is 0 Å². The number of benzene rings is 1. The van der Waals surface area contributed by atoms with Gasteiger partial charge in [-0.05, 0) is 64.4 Å². The molecule has 0 N–H and O–H groups in total. The Kier molecular flexibility index (Phi) is 4.58. The third-order valence-corrected chi connectivity index (χ3v) is 5.41. The Balaban J connectivity index is 1.57. The molecule has 2 aliphatic rings. The number of likely N-dealkylation sites (tertiary alicyclic amines) is 1. The Morgan fingerprint density at radius 2 is 2.05 bits per heavy atom. The first kappa shape index (κ1) is 16.0. The van der Waals surface area contributed by atoms with Crippen LogP contribution in [0.15, 0.2) is 18.2 Å². The van der Waals surface area contributed by atoms with Crippen molar-refractivity contribution in [1.82, 2.24) is 9.80 Å². The molecule has 1 aromatic rings. The molecule has 0 bridgehead atoms. The molecule has 2 saturated heterocycles. The van der Waals surface area contributed by atoms with Crippen molar-refractivity contribution in [2.24, 2.45) is 5.92 Å². The Hall–Kier alpha value is -0.900. The molecule has 0 unspecified atom stereocenters. The van der Waals surface area contributed by atoms with Crippen LogP contribution in [0.4, 0.5) is 0 Å². The van der Waals surface area contributed by atoms with Gasteiger partial charge in [0.2, 0.25) is 0 Å². The summed E-state index contributed by atoms with van der Waals surface area (Å²) in [6, 6.07) is 6.78. The summed E-state index contributed by atoms with van der Waals surface area (Å²) in [6.45, 7) is 9.81. The zero-order valence-corrected chi connectivity index (χ0v) is 14.6. The summed E-state index contributed by atoms with van der Waals surface area (Å²) in [5, 5.41) is 0. The molecule has 22 heavy (non-hydrogen) atoms. The first-order chi connectivity index (χ1) is 10.5. The van der Waals surface area contributed by atoms with Gasteiger partial charge < -0.3 is 9.64 Å². The molecule has 0 aromatic heterocycles. The highest BCUT2D eigenvalue weighted by Crippen LogP contribution is 2.42. The Labute approximate surface area is 135 Å². The molecule has 2 heterocycles. The number of rotatable bonds is 5. The normalized spacial score (nSPS) is 24.1. The highest BCUT2D eigenvalue weighted by molar-refractivity contribution is 5.30. The summed E-state index contributed by atoms with van der Waals surface area (Å²) in [5.74, 6) is 0.741. The number of hydrogen-bond donors (Lipinski definition) is 0. The van der Waals surface area contributed by atoms with Crippen LogP contribution in [0.5, 0.6) is 0 Å². The van der Waals surface area contributed by atoms with E-state index in [1.54, 1.807) is 0 Å². The summed E-state index contributed by atoms with van der Waals surface area (Å²) in [5.41, 5.74) is 4.39. The summed E-state index contributed by atoms with van der Waals surface area (Å²) in [6.07, 6.45) is 2.51. The van der Waals surface area contributed by atoms with Gasteiger partial charge in [-0.25, -0.2) is 0 Å². The molecular weight excluding hydrogens is 272 g/mol. The average molecular weight is 302 g/mol. The van der Waals surface area contributed by atoms with Crippen molar-refractivity contribution >= 4 is 0 Å². The highest BCUT2D eigenvalue weighted by Gasteiger charge is 2.52. The second-order valence-electron chi connectivity index (χ2n) is 7.57. The topological polar surface area (TPSA) is 15.7 Å². The van der Waals surface area contributed by atoms with Crippen LogP contribution in [0.2, 0.25) is 0 Å². The molecule has 2 fully saturated rings. The Morgan fingerprint density at radius 1 is 1.27 bits per heavy atom. The van der Waals surface area contributed by atoms with Crippen molar-refractivity contribution in [2.45, 2.75) is 38.8 Å². The van der Waals surface area contributed by atoms with Crippen molar-refractivity contribution in [3.8, 4) is 0 Å². The minimum absolute atomic E-state index is 0.160. The number of hydrogen-bond acceptors (Lipinski definition) is 3. The minimum Gasteiger partial charge on any atom is -0.372 e. The van der Waals surface area contributed by atoms with Crippen LogP contribution in [-0.2, 0) is 11.3 Å². The maximum atomic E-state index is 6.18. The van der Waals surface area contributed by atoms with Crippen LogP contribution in [0.25, 0.3) is 0 Å². The summed E-state index contributed by atoms with van der Waals surface area (Å²) in [7, 11) is 4.33. The fourth-order valence-electron chi connectivity index (χ4n) is 3.99. The standard InChI is InChI=1S/C19H30N2O/c1-15-5-6-16(2)17(11-15)12-21-13-19(14-21)18(8-10-22-19)7-9-20(3)4/h5-6,11,18H,7-10,12-14H2,1-4H3/t18-/m1/s1. The van der Waals surface area contributed by atoms with E-state index in [2.05, 4.69) is 55.9 Å². The van der Waals surface area contributed by atoms with Crippen LogP contribution in [-0.4, -0.2) is 55.7 Å². The van der Waals surface area contributed by atoms with Gasteiger partial charge in [0.15, 0.2) is 0 Å². The largest absolute Gasteiger partial charge is 0.372 e. The van der Waals surface area contributed by atoms with Gasteiger partial charge in [-0.1, -0.05) is 23.8 Å². The lowest BCUT2D eigenvalue weighted by molar-refractivity contribution is -0.137. The van der Waals surface area contributed by atoms with E-state index in [9.17, 15) is 0 Å². The zero-order chi connectivity index (χ0) is 15.7. The smallest absolute Gasteiger partial charge is 0.0964 e. The molecule has 0 aliphatic carbocycles. The first-order valence-electron chi connectivity index (χ1n) is 8.56. The second kappa shape index (κ2) is 6.31. The van der Waals surface area contributed by atoms with E-state index in [1.165, 1.54) is 36.1 Å². The number of ether oxygens (including phenoxy) is 1. The summed E-state index contributed by atoms with van der Waals surface area (Å²) < 4.78 is 6.18. The molecule has 0 radical (unpaired) electrons. The van der Waals surface area contributed by atoms with Gasteiger partial charge in [-0.2, -0.15) is 0 Å². The SMILES string of the molecule is Cc1ccc(C)c(CN2CC3(C2)OCC[C@H]3CCN(C)C)c1. The van der Waals surface area contributed by atoms with E-state index in [0.717, 1.165) is 32.2 Å². The highest BCUT2D eigenvalue weighted by atomic mass is 16.5.